The molecule has 19 heavy (non-hydrogen) atoms. The smallest absolute Gasteiger partial charge is 0.321 e. The molecule has 0 saturated carbocycles. The number of hydrogen-bond acceptors (Lipinski definition) is 1. The van der Waals surface area contributed by atoms with Gasteiger partial charge in [-0.25, -0.2) is 18.2 Å². The first-order chi connectivity index (χ1) is 8.85. The summed E-state index contributed by atoms with van der Waals surface area (Å²) in [4.78, 5) is 3.90. The van der Waals surface area contributed by atoms with E-state index in [2.05, 4.69) is 4.98 Å². The Morgan fingerprint density at radius 2 is 2.00 bits per heavy atom. The molecule has 1 aromatic heterocycles. The predicted molar refractivity (Wildman–Crippen MR) is 60.2 cm³/mol. The molecule has 8 heteroatoms. The Hall–Kier alpha value is -1.37. The molecule has 0 N–H and O–H groups in total. The third-order valence-corrected chi connectivity index (χ3v) is 2.84. The monoisotopic (exact) mass is 298 g/mol. The van der Waals surface area contributed by atoms with E-state index in [9.17, 15) is 22.0 Å². The van der Waals surface area contributed by atoms with Gasteiger partial charge < -0.3 is 4.57 Å². The van der Waals surface area contributed by atoms with Gasteiger partial charge in [0.15, 0.2) is 0 Å². The van der Waals surface area contributed by atoms with E-state index >= 15 is 0 Å². The molecule has 0 atom stereocenters. The van der Waals surface area contributed by atoms with Crippen molar-refractivity contribution in [2.75, 3.05) is 0 Å². The molecule has 0 spiro atoms. The molecule has 1 heterocycles. The van der Waals surface area contributed by atoms with Crippen molar-refractivity contribution < 1.29 is 22.0 Å². The Morgan fingerprint density at radius 3 is 2.58 bits per heavy atom. The van der Waals surface area contributed by atoms with E-state index in [1.165, 1.54) is 6.07 Å². The highest BCUT2D eigenvalue weighted by atomic mass is 35.5. The second-order valence-corrected chi connectivity index (χ2v) is 4.21. The van der Waals surface area contributed by atoms with Crippen molar-refractivity contribution in [3.05, 3.63) is 29.8 Å². The normalized spacial score (nSPS) is 12.6. The SMILES string of the molecule is Fc1ccc2nc(CCl)n(CC(F)(F)C(F)F)c2c1. The van der Waals surface area contributed by atoms with Crippen LogP contribution in [-0.2, 0) is 12.4 Å². The van der Waals surface area contributed by atoms with Crippen LogP contribution in [0.2, 0.25) is 0 Å². The number of halogens is 6. The van der Waals surface area contributed by atoms with E-state index in [0.717, 1.165) is 16.7 Å². The zero-order chi connectivity index (χ0) is 14.2. The lowest BCUT2D eigenvalue weighted by molar-refractivity contribution is -0.137. The Kier molecular flexibility index (Phi) is 3.66. The number of nitrogens with zero attached hydrogens (tertiary/aromatic N) is 2. The summed E-state index contributed by atoms with van der Waals surface area (Å²) in [6, 6.07) is 3.33. The highest BCUT2D eigenvalue weighted by Crippen LogP contribution is 2.28. The van der Waals surface area contributed by atoms with Crippen LogP contribution >= 0.6 is 11.6 Å². The van der Waals surface area contributed by atoms with E-state index in [4.69, 9.17) is 11.6 Å². The van der Waals surface area contributed by atoms with Crippen molar-refractivity contribution in [3.8, 4) is 0 Å². The quantitative estimate of drug-likeness (QED) is 0.620. The largest absolute Gasteiger partial charge is 0.324 e. The summed E-state index contributed by atoms with van der Waals surface area (Å²) in [6.07, 6.45) is -3.82. The van der Waals surface area contributed by atoms with Gasteiger partial charge in [-0.15, -0.1) is 11.6 Å². The predicted octanol–water partition coefficient (Wildman–Crippen LogP) is 3.81. The van der Waals surface area contributed by atoms with Crippen LogP contribution in [0.3, 0.4) is 0 Å². The molecule has 0 aliphatic rings. The summed E-state index contributed by atoms with van der Waals surface area (Å²) in [5, 5.41) is 0. The highest BCUT2D eigenvalue weighted by molar-refractivity contribution is 6.16. The molecular weight excluding hydrogens is 291 g/mol. The fraction of sp³-hybridized carbons (Fsp3) is 0.364. The first-order valence-electron chi connectivity index (χ1n) is 5.22. The molecule has 0 aliphatic heterocycles. The number of benzene rings is 1. The van der Waals surface area contributed by atoms with Crippen molar-refractivity contribution >= 4 is 22.6 Å². The van der Waals surface area contributed by atoms with Gasteiger partial charge in [-0.2, -0.15) is 8.78 Å². The second kappa shape index (κ2) is 4.96. The van der Waals surface area contributed by atoms with Gasteiger partial charge in [-0.1, -0.05) is 0 Å². The lowest BCUT2D eigenvalue weighted by Gasteiger charge is -2.17. The summed E-state index contributed by atoms with van der Waals surface area (Å²) < 4.78 is 64.6. The van der Waals surface area contributed by atoms with Gasteiger partial charge in [0.2, 0.25) is 0 Å². The first kappa shape index (κ1) is 14.0. The average molecular weight is 299 g/mol. The van der Waals surface area contributed by atoms with Gasteiger partial charge in [0, 0.05) is 0 Å². The summed E-state index contributed by atoms with van der Waals surface area (Å²) in [5.41, 5.74) is 0.234. The Morgan fingerprint density at radius 1 is 1.32 bits per heavy atom. The molecule has 2 nitrogen and oxygen atoms in total. The van der Waals surface area contributed by atoms with Gasteiger partial charge in [-0.05, 0) is 18.2 Å². The van der Waals surface area contributed by atoms with Crippen molar-refractivity contribution in [2.24, 2.45) is 0 Å². The zero-order valence-electron chi connectivity index (χ0n) is 9.39. The van der Waals surface area contributed by atoms with Gasteiger partial charge in [0.05, 0.1) is 23.5 Å². The van der Waals surface area contributed by atoms with E-state index in [-0.39, 0.29) is 22.7 Å². The van der Waals surface area contributed by atoms with Crippen LogP contribution in [0.5, 0.6) is 0 Å². The second-order valence-electron chi connectivity index (χ2n) is 3.94. The van der Waals surface area contributed by atoms with Crippen LogP contribution in [0.1, 0.15) is 5.82 Å². The number of hydrogen-bond donors (Lipinski definition) is 0. The summed E-state index contributed by atoms with van der Waals surface area (Å²) in [7, 11) is 0. The third-order valence-electron chi connectivity index (χ3n) is 2.60. The van der Waals surface area contributed by atoms with Crippen molar-refractivity contribution in [1.29, 1.82) is 0 Å². The van der Waals surface area contributed by atoms with Gasteiger partial charge in [0.25, 0.3) is 0 Å². The van der Waals surface area contributed by atoms with E-state index in [1.54, 1.807) is 0 Å². The lowest BCUT2D eigenvalue weighted by atomic mass is 10.3. The van der Waals surface area contributed by atoms with Crippen LogP contribution < -0.4 is 0 Å². The molecule has 0 fully saturated rings. The number of imidazole rings is 1. The maximum Gasteiger partial charge on any atom is 0.324 e. The van der Waals surface area contributed by atoms with Crippen molar-refractivity contribution in [2.45, 2.75) is 24.8 Å². The number of rotatable bonds is 4. The Balaban J connectivity index is 2.54. The molecule has 0 unspecified atom stereocenters. The summed E-state index contributed by atoms with van der Waals surface area (Å²) in [5.74, 6) is -5.16. The molecule has 0 bridgehead atoms. The molecular formula is C11H8ClF5N2. The summed E-state index contributed by atoms with van der Waals surface area (Å²) in [6.45, 7) is -1.30. The topological polar surface area (TPSA) is 17.8 Å². The van der Waals surface area contributed by atoms with Crippen LogP contribution in [0, 0.1) is 5.82 Å². The van der Waals surface area contributed by atoms with Crippen LogP contribution in [0.15, 0.2) is 18.2 Å². The molecule has 104 valence electrons. The molecule has 2 aromatic rings. The highest BCUT2D eigenvalue weighted by Gasteiger charge is 2.41. The first-order valence-corrected chi connectivity index (χ1v) is 5.75. The average Bonchev–Trinajstić information content (AvgIpc) is 2.66. The summed E-state index contributed by atoms with van der Waals surface area (Å²) >= 11 is 5.54. The van der Waals surface area contributed by atoms with E-state index in [1.807, 2.05) is 0 Å². The van der Waals surface area contributed by atoms with Gasteiger partial charge >= 0.3 is 12.3 Å². The zero-order valence-corrected chi connectivity index (χ0v) is 10.1. The minimum atomic E-state index is -4.24. The Labute approximate surface area is 109 Å². The molecule has 1 aromatic carbocycles. The minimum absolute atomic E-state index is 0.0102. The molecule has 0 amide bonds. The number of fused-ring (bicyclic) bond motifs is 1. The standard InChI is InChI=1S/C11H8ClF5N2/c12-4-9-18-7-2-1-6(13)3-8(7)19(9)5-11(16,17)10(14)15/h1-3,10H,4-5H2. The maximum absolute atomic E-state index is 13.1. The minimum Gasteiger partial charge on any atom is -0.321 e. The number of aromatic nitrogens is 2. The molecule has 2 rings (SSSR count). The van der Waals surface area contributed by atoms with Crippen molar-refractivity contribution in [1.82, 2.24) is 9.55 Å². The van der Waals surface area contributed by atoms with Crippen molar-refractivity contribution in [3.63, 3.8) is 0 Å². The fourth-order valence-electron chi connectivity index (χ4n) is 1.70. The maximum atomic E-state index is 13.1. The fourth-order valence-corrected chi connectivity index (χ4v) is 1.91. The van der Waals surface area contributed by atoms with Gasteiger partial charge in [-0.3, -0.25) is 0 Å². The van der Waals surface area contributed by atoms with Crippen LogP contribution in [0.25, 0.3) is 11.0 Å². The molecule has 0 radical (unpaired) electrons. The molecule has 0 saturated heterocycles. The van der Waals surface area contributed by atoms with E-state index < -0.39 is 24.7 Å². The van der Waals surface area contributed by atoms with Crippen LogP contribution in [-0.4, -0.2) is 21.9 Å². The van der Waals surface area contributed by atoms with Crippen LogP contribution in [0.4, 0.5) is 22.0 Å². The van der Waals surface area contributed by atoms with E-state index in [0.29, 0.717) is 0 Å². The van der Waals surface area contributed by atoms with Gasteiger partial charge in [0.1, 0.15) is 11.6 Å². The lowest BCUT2D eigenvalue weighted by Crippen LogP contribution is -2.32. The third kappa shape index (κ3) is 2.65. The Bertz CT molecular complexity index is 596. The number of alkyl halides is 5. The molecule has 0 aliphatic carbocycles.